The number of hydrogen-bond acceptors (Lipinski definition) is 3. The van der Waals surface area contributed by atoms with Gasteiger partial charge in [-0.1, -0.05) is 0 Å². The molecule has 0 saturated heterocycles. The van der Waals surface area contributed by atoms with Crippen LogP contribution in [0.1, 0.15) is 34.6 Å². The van der Waals surface area contributed by atoms with E-state index in [0.29, 0.717) is 23.7 Å². The Morgan fingerprint density at radius 2 is 2.31 bits per heavy atom. The average molecular weight is 223 g/mol. The van der Waals surface area contributed by atoms with Crippen LogP contribution in [0.3, 0.4) is 0 Å². The van der Waals surface area contributed by atoms with Crippen molar-refractivity contribution in [3.63, 3.8) is 0 Å². The van der Waals surface area contributed by atoms with Gasteiger partial charge in [0.2, 0.25) is 0 Å². The minimum absolute atomic E-state index is 0.163. The second-order valence-electron chi connectivity index (χ2n) is 4.42. The highest BCUT2D eigenvalue weighted by molar-refractivity contribution is 5.96. The van der Waals surface area contributed by atoms with Gasteiger partial charge in [-0.15, -0.1) is 0 Å². The Labute approximate surface area is 94.2 Å². The topological polar surface area (TPSA) is 78.0 Å². The van der Waals surface area contributed by atoms with Crippen LogP contribution in [-0.2, 0) is 0 Å². The summed E-state index contributed by atoms with van der Waals surface area (Å²) in [7, 11) is 0. The molecule has 1 atom stereocenters. The van der Waals surface area contributed by atoms with E-state index in [-0.39, 0.29) is 5.91 Å². The van der Waals surface area contributed by atoms with Gasteiger partial charge in [0.1, 0.15) is 0 Å². The number of amides is 1. The van der Waals surface area contributed by atoms with Crippen molar-refractivity contribution in [3.05, 3.63) is 17.0 Å². The maximum atomic E-state index is 11.8. The van der Waals surface area contributed by atoms with Crippen LogP contribution in [-0.4, -0.2) is 33.9 Å². The number of carbonyl (C=O) groups is 1. The summed E-state index contributed by atoms with van der Waals surface area (Å²) >= 11 is 0. The van der Waals surface area contributed by atoms with Gasteiger partial charge in [-0.2, -0.15) is 5.10 Å². The zero-order valence-corrected chi connectivity index (χ0v) is 9.58. The largest absolute Gasteiger partial charge is 0.391 e. The number of aryl methyl sites for hydroxylation is 2. The lowest BCUT2D eigenvalue weighted by Gasteiger charge is -2.10. The summed E-state index contributed by atoms with van der Waals surface area (Å²) in [6.45, 7) is 3.93. The van der Waals surface area contributed by atoms with E-state index in [1.165, 1.54) is 0 Å². The van der Waals surface area contributed by atoms with Crippen molar-refractivity contribution in [2.24, 2.45) is 5.92 Å². The summed E-state index contributed by atoms with van der Waals surface area (Å²) in [6.07, 6.45) is 1.73. The highest BCUT2D eigenvalue weighted by Gasteiger charge is 2.30. The van der Waals surface area contributed by atoms with E-state index >= 15 is 0 Å². The van der Waals surface area contributed by atoms with Crippen LogP contribution in [0.2, 0.25) is 0 Å². The lowest BCUT2D eigenvalue weighted by atomic mass is 10.1. The molecule has 3 N–H and O–H groups in total. The Balaban J connectivity index is 1.92. The molecule has 1 aromatic heterocycles. The highest BCUT2D eigenvalue weighted by Crippen LogP contribution is 2.32. The number of carbonyl (C=O) groups excluding carboxylic acids is 1. The van der Waals surface area contributed by atoms with Crippen molar-refractivity contribution < 1.29 is 9.90 Å². The molecule has 0 aliphatic heterocycles. The monoisotopic (exact) mass is 223 g/mol. The quantitative estimate of drug-likeness (QED) is 0.696. The first-order chi connectivity index (χ1) is 7.59. The number of H-pyrrole nitrogens is 1. The molecular weight excluding hydrogens is 206 g/mol. The SMILES string of the molecule is Cc1n[nH]c(C)c1C(=O)NCC(O)C1CC1. The Bertz CT molecular complexity index is 376. The second kappa shape index (κ2) is 4.25. The molecule has 0 spiro atoms. The number of hydrogen-bond donors (Lipinski definition) is 3. The van der Waals surface area contributed by atoms with Crippen LogP contribution in [0.5, 0.6) is 0 Å². The molecule has 1 aromatic rings. The van der Waals surface area contributed by atoms with Crippen LogP contribution < -0.4 is 5.32 Å². The second-order valence-corrected chi connectivity index (χ2v) is 4.42. The van der Waals surface area contributed by atoms with Crippen molar-refractivity contribution in [2.75, 3.05) is 6.54 Å². The molecule has 0 aromatic carbocycles. The van der Waals surface area contributed by atoms with E-state index in [0.717, 1.165) is 18.5 Å². The van der Waals surface area contributed by atoms with Crippen molar-refractivity contribution in [2.45, 2.75) is 32.8 Å². The van der Waals surface area contributed by atoms with E-state index in [2.05, 4.69) is 15.5 Å². The van der Waals surface area contributed by atoms with Crippen molar-refractivity contribution in [1.29, 1.82) is 0 Å². The smallest absolute Gasteiger partial charge is 0.255 e. The van der Waals surface area contributed by atoms with Crippen molar-refractivity contribution in [1.82, 2.24) is 15.5 Å². The number of aromatic nitrogens is 2. The molecule has 0 radical (unpaired) electrons. The van der Waals surface area contributed by atoms with Crippen LogP contribution in [0, 0.1) is 19.8 Å². The first-order valence-corrected chi connectivity index (χ1v) is 5.57. The molecule has 1 heterocycles. The maximum Gasteiger partial charge on any atom is 0.255 e. The Morgan fingerprint density at radius 1 is 1.62 bits per heavy atom. The first kappa shape index (κ1) is 11.1. The summed E-state index contributed by atoms with van der Waals surface area (Å²) in [5.41, 5.74) is 2.04. The third-order valence-corrected chi connectivity index (χ3v) is 2.99. The fourth-order valence-corrected chi connectivity index (χ4v) is 1.82. The Morgan fingerprint density at radius 3 is 2.81 bits per heavy atom. The molecule has 0 bridgehead atoms. The summed E-state index contributed by atoms with van der Waals surface area (Å²) < 4.78 is 0. The maximum absolute atomic E-state index is 11.8. The van der Waals surface area contributed by atoms with Crippen LogP contribution in [0.25, 0.3) is 0 Å². The number of rotatable bonds is 4. The minimum atomic E-state index is -0.406. The number of aliphatic hydroxyl groups is 1. The zero-order chi connectivity index (χ0) is 11.7. The van der Waals surface area contributed by atoms with Crippen molar-refractivity contribution in [3.8, 4) is 0 Å². The predicted octanol–water partition coefficient (Wildman–Crippen LogP) is 0.527. The third kappa shape index (κ3) is 2.24. The molecule has 88 valence electrons. The van der Waals surface area contributed by atoms with Crippen molar-refractivity contribution >= 4 is 5.91 Å². The van der Waals surface area contributed by atoms with Crippen LogP contribution in [0.15, 0.2) is 0 Å². The molecule has 5 nitrogen and oxygen atoms in total. The summed E-state index contributed by atoms with van der Waals surface area (Å²) in [6, 6.07) is 0. The normalized spacial score (nSPS) is 17.2. The van der Waals surface area contributed by atoms with Gasteiger partial charge >= 0.3 is 0 Å². The van der Waals surface area contributed by atoms with E-state index in [1.54, 1.807) is 6.92 Å². The van der Waals surface area contributed by atoms with Gasteiger partial charge in [0.25, 0.3) is 5.91 Å². The van der Waals surface area contributed by atoms with Gasteiger partial charge in [0.05, 0.1) is 17.4 Å². The zero-order valence-electron chi connectivity index (χ0n) is 9.58. The predicted molar refractivity (Wildman–Crippen MR) is 59.1 cm³/mol. The van der Waals surface area contributed by atoms with Gasteiger partial charge in [-0.25, -0.2) is 0 Å². The molecule has 2 rings (SSSR count). The molecule has 1 aliphatic rings. The van der Waals surface area contributed by atoms with Crippen LogP contribution in [0.4, 0.5) is 0 Å². The summed E-state index contributed by atoms with van der Waals surface area (Å²) in [5.74, 6) is 0.218. The molecule has 16 heavy (non-hydrogen) atoms. The van der Waals surface area contributed by atoms with Gasteiger partial charge in [0, 0.05) is 12.2 Å². The number of nitrogens with one attached hydrogen (secondary N) is 2. The average Bonchev–Trinajstić information content (AvgIpc) is 3.02. The molecule has 1 unspecified atom stereocenters. The molecule has 1 aliphatic carbocycles. The minimum Gasteiger partial charge on any atom is -0.391 e. The Kier molecular flexibility index (Phi) is 2.96. The third-order valence-electron chi connectivity index (χ3n) is 2.99. The molecule has 1 fully saturated rings. The van der Waals surface area contributed by atoms with Gasteiger partial charge < -0.3 is 10.4 Å². The fraction of sp³-hybridized carbons (Fsp3) is 0.636. The van der Waals surface area contributed by atoms with Crippen LogP contribution >= 0.6 is 0 Å². The highest BCUT2D eigenvalue weighted by atomic mass is 16.3. The standard InChI is InChI=1S/C11H17N3O2/c1-6-10(7(2)14-13-6)11(16)12-5-9(15)8-3-4-8/h8-9,15H,3-5H2,1-2H3,(H,12,16)(H,13,14). The van der Waals surface area contributed by atoms with E-state index < -0.39 is 6.10 Å². The lowest BCUT2D eigenvalue weighted by Crippen LogP contribution is -2.33. The number of nitrogens with zero attached hydrogens (tertiary/aromatic N) is 1. The van der Waals surface area contributed by atoms with E-state index in [1.807, 2.05) is 6.92 Å². The van der Waals surface area contributed by atoms with Gasteiger partial charge in [-0.05, 0) is 32.6 Å². The number of aromatic amines is 1. The molecule has 5 heteroatoms. The van der Waals surface area contributed by atoms with Gasteiger partial charge in [-0.3, -0.25) is 9.89 Å². The first-order valence-electron chi connectivity index (χ1n) is 5.57. The fourth-order valence-electron chi connectivity index (χ4n) is 1.82. The molecule has 1 amide bonds. The molecular formula is C11H17N3O2. The number of aliphatic hydroxyl groups excluding tert-OH is 1. The van der Waals surface area contributed by atoms with E-state index in [9.17, 15) is 9.90 Å². The van der Waals surface area contributed by atoms with Gasteiger partial charge in [0.15, 0.2) is 0 Å². The van der Waals surface area contributed by atoms with E-state index in [4.69, 9.17) is 0 Å². The Hall–Kier alpha value is -1.36. The lowest BCUT2D eigenvalue weighted by molar-refractivity contribution is 0.0900. The summed E-state index contributed by atoms with van der Waals surface area (Å²) in [5, 5.41) is 19.1. The molecule has 1 saturated carbocycles. The summed E-state index contributed by atoms with van der Waals surface area (Å²) in [4.78, 5) is 11.8.